The van der Waals surface area contributed by atoms with Crippen molar-refractivity contribution in [3.8, 4) is 0 Å². The van der Waals surface area contributed by atoms with Crippen molar-refractivity contribution >= 4 is 0 Å². The molecule has 0 spiro atoms. The molecule has 0 aromatic heterocycles. The lowest BCUT2D eigenvalue weighted by Crippen LogP contribution is -2.25. The van der Waals surface area contributed by atoms with E-state index >= 15 is 0 Å². The standard InChI is InChI=1S/C18H36/c1-11(2)16(12(3)4)18(15(9)10)17(13(5)6)14(7)8/h11-16H,1-10H3. The molecule has 0 aliphatic heterocycles. The van der Waals surface area contributed by atoms with E-state index in [9.17, 15) is 0 Å². The van der Waals surface area contributed by atoms with Gasteiger partial charge in [-0.1, -0.05) is 80.4 Å². The van der Waals surface area contributed by atoms with Crippen LogP contribution in [-0.2, 0) is 0 Å². The lowest BCUT2D eigenvalue weighted by molar-refractivity contribution is 0.307. The summed E-state index contributed by atoms with van der Waals surface area (Å²) >= 11 is 0. The van der Waals surface area contributed by atoms with Crippen LogP contribution >= 0.6 is 0 Å². The highest BCUT2D eigenvalue weighted by atomic mass is 14.3. The third-order valence-electron chi connectivity index (χ3n) is 3.99. The molecule has 0 aliphatic rings. The molecule has 0 heterocycles. The SMILES string of the molecule is CC(C)C(=C(C(C)C)C(C(C)C)C(C)C)C(C)C. The zero-order valence-electron chi connectivity index (χ0n) is 14.5. The molecule has 0 heteroatoms. The van der Waals surface area contributed by atoms with Crippen molar-refractivity contribution in [1.82, 2.24) is 0 Å². The summed E-state index contributed by atoms with van der Waals surface area (Å²) < 4.78 is 0. The Bertz CT molecular complexity index is 246. The molecule has 0 aromatic rings. The van der Waals surface area contributed by atoms with E-state index in [1.54, 1.807) is 11.1 Å². The third-order valence-corrected chi connectivity index (χ3v) is 3.99. The van der Waals surface area contributed by atoms with Gasteiger partial charge in [-0.3, -0.25) is 0 Å². The van der Waals surface area contributed by atoms with Crippen molar-refractivity contribution in [3.63, 3.8) is 0 Å². The number of hydrogen-bond donors (Lipinski definition) is 0. The lowest BCUT2D eigenvalue weighted by Gasteiger charge is -2.35. The van der Waals surface area contributed by atoms with Gasteiger partial charge in [-0.25, -0.2) is 0 Å². The van der Waals surface area contributed by atoms with Crippen LogP contribution in [0.3, 0.4) is 0 Å². The number of allylic oxidation sites excluding steroid dienone is 2. The topological polar surface area (TPSA) is 0 Å². The normalized spacial score (nSPS) is 12.7. The summed E-state index contributed by atoms with van der Waals surface area (Å²) in [6.07, 6.45) is 0. The molecule has 0 radical (unpaired) electrons. The van der Waals surface area contributed by atoms with Crippen molar-refractivity contribution in [3.05, 3.63) is 11.1 Å². The van der Waals surface area contributed by atoms with Gasteiger partial charge in [0.05, 0.1) is 0 Å². The molecule has 0 unspecified atom stereocenters. The predicted octanol–water partition coefficient (Wildman–Crippen LogP) is 6.18. The minimum atomic E-state index is 0.666. The van der Waals surface area contributed by atoms with Gasteiger partial charge in [-0.15, -0.1) is 0 Å². The van der Waals surface area contributed by atoms with Crippen LogP contribution in [0, 0.1) is 35.5 Å². The second-order valence-corrected chi connectivity index (χ2v) is 7.39. The van der Waals surface area contributed by atoms with Gasteiger partial charge < -0.3 is 0 Å². The van der Waals surface area contributed by atoms with Gasteiger partial charge in [0, 0.05) is 0 Å². The molecule has 0 saturated carbocycles. The highest BCUT2D eigenvalue weighted by molar-refractivity contribution is 5.23. The van der Waals surface area contributed by atoms with E-state index in [-0.39, 0.29) is 0 Å². The fraction of sp³-hybridized carbons (Fsp3) is 0.889. The van der Waals surface area contributed by atoms with Crippen molar-refractivity contribution < 1.29 is 0 Å². The van der Waals surface area contributed by atoms with Crippen LogP contribution in [0.25, 0.3) is 0 Å². The Kier molecular flexibility index (Phi) is 7.25. The Labute approximate surface area is 116 Å². The van der Waals surface area contributed by atoms with Gasteiger partial charge >= 0.3 is 0 Å². The summed E-state index contributed by atoms with van der Waals surface area (Å²) in [6, 6.07) is 0. The molecule has 0 fully saturated rings. The highest BCUT2D eigenvalue weighted by Crippen LogP contribution is 2.39. The first-order chi connectivity index (χ1) is 8.11. The van der Waals surface area contributed by atoms with E-state index < -0.39 is 0 Å². The first kappa shape index (κ1) is 17.7. The fourth-order valence-corrected chi connectivity index (χ4v) is 3.73. The molecule has 108 valence electrons. The average molecular weight is 252 g/mol. The van der Waals surface area contributed by atoms with Crippen molar-refractivity contribution in [2.45, 2.75) is 69.2 Å². The molecule has 18 heavy (non-hydrogen) atoms. The molecule has 0 aliphatic carbocycles. The molecule has 0 bridgehead atoms. The molecular formula is C18H36. The van der Waals surface area contributed by atoms with E-state index in [4.69, 9.17) is 0 Å². The van der Waals surface area contributed by atoms with Gasteiger partial charge in [0.1, 0.15) is 0 Å². The molecule has 0 saturated heterocycles. The second kappa shape index (κ2) is 7.36. The van der Waals surface area contributed by atoms with E-state index in [2.05, 4.69) is 69.2 Å². The van der Waals surface area contributed by atoms with E-state index in [0.29, 0.717) is 17.8 Å². The Morgan fingerprint density at radius 3 is 0.889 bits per heavy atom. The van der Waals surface area contributed by atoms with Gasteiger partial charge in [0.15, 0.2) is 0 Å². The Hall–Kier alpha value is -0.260. The minimum Gasteiger partial charge on any atom is -0.0653 e. The fourth-order valence-electron chi connectivity index (χ4n) is 3.73. The van der Waals surface area contributed by atoms with Gasteiger partial charge in [-0.2, -0.15) is 0 Å². The summed E-state index contributed by atoms with van der Waals surface area (Å²) in [7, 11) is 0. The van der Waals surface area contributed by atoms with E-state index in [1.807, 2.05) is 0 Å². The van der Waals surface area contributed by atoms with Crippen LogP contribution < -0.4 is 0 Å². The molecule has 0 nitrogen and oxygen atoms in total. The number of rotatable bonds is 6. The lowest BCUT2D eigenvalue weighted by atomic mass is 9.70. The Balaban J connectivity index is 5.84. The van der Waals surface area contributed by atoms with Crippen molar-refractivity contribution in [2.24, 2.45) is 35.5 Å². The summed E-state index contributed by atoms with van der Waals surface area (Å²) in [6.45, 7) is 23.7. The highest BCUT2D eigenvalue weighted by Gasteiger charge is 2.28. The summed E-state index contributed by atoms with van der Waals surface area (Å²) in [5.41, 5.74) is 3.45. The smallest absolute Gasteiger partial charge is 0.0152 e. The molecule has 0 rings (SSSR count). The Morgan fingerprint density at radius 1 is 0.444 bits per heavy atom. The first-order valence-corrected chi connectivity index (χ1v) is 7.84. The zero-order valence-corrected chi connectivity index (χ0v) is 14.5. The molecule has 0 amide bonds. The van der Waals surface area contributed by atoms with Gasteiger partial charge in [0.25, 0.3) is 0 Å². The van der Waals surface area contributed by atoms with E-state index in [0.717, 1.165) is 17.8 Å². The second-order valence-electron chi connectivity index (χ2n) is 7.39. The molecule has 0 atom stereocenters. The van der Waals surface area contributed by atoms with Crippen LogP contribution in [0.4, 0.5) is 0 Å². The average Bonchev–Trinajstić information content (AvgIpc) is 2.13. The monoisotopic (exact) mass is 252 g/mol. The molecule has 0 aromatic carbocycles. The summed E-state index contributed by atoms with van der Waals surface area (Å²) in [5.74, 6) is 4.19. The van der Waals surface area contributed by atoms with Crippen LogP contribution in [0.2, 0.25) is 0 Å². The number of hydrogen-bond acceptors (Lipinski definition) is 0. The summed E-state index contributed by atoms with van der Waals surface area (Å²) in [4.78, 5) is 0. The Morgan fingerprint density at radius 2 is 0.722 bits per heavy atom. The van der Waals surface area contributed by atoms with Gasteiger partial charge in [-0.05, 0) is 35.5 Å². The molecule has 0 N–H and O–H groups in total. The largest absolute Gasteiger partial charge is 0.0653 e. The quantitative estimate of drug-likeness (QED) is 0.495. The maximum Gasteiger partial charge on any atom is -0.0152 e. The van der Waals surface area contributed by atoms with Crippen LogP contribution in [0.5, 0.6) is 0 Å². The van der Waals surface area contributed by atoms with Crippen LogP contribution in [0.15, 0.2) is 11.1 Å². The maximum atomic E-state index is 2.38. The zero-order chi connectivity index (χ0) is 14.6. The molecular weight excluding hydrogens is 216 g/mol. The van der Waals surface area contributed by atoms with Gasteiger partial charge in [0.2, 0.25) is 0 Å². The third kappa shape index (κ3) is 4.44. The first-order valence-electron chi connectivity index (χ1n) is 7.84. The van der Waals surface area contributed by atoms with Crippen molar-refractivity contribution in [2.75, 3.05) is 0 Å². The van der Waals surface area contributed by atoms with Crippen LogP contribution in [-0.4, -0.2) is 0 Å². The maximum absolute atomic E-state index is 2.38. The summed E-state index contributed by atoms with van der Waals surface area (Å²) in [5, 5.41) is 0. The van der Waals surface area contributed by atoms with E-state index in [1.165, 1.54) is 0 Å². The van der Waals surface area contributed by atoms with Crippen molar-refractivity contribution in [1.29, 1.82) is 0 Å². The predicted molar refractivity (Wildman–Crippen MR) is 84.7 cm³/mol. The minimum absolute atomic E-state index is 0.666. The van der Waals surface area contributed by atoms with Crippen LogP contribution in [0.1, 0.15) is 69.2 Å².